The van der Waals surface area contributed by atoms with Crippen LogP contribution in [0.4, 0.5) is 15.8 Å². The Kier molecular flexibility index (Phi) is 9.39. The largest absolute Gasteiger partial charge is 0.493 e. The second-order valence-corrected chi connectivity index (χ2v) is 9.89. The summed E-state index contributed by atoms with van der Waals surface area (Å²) in [5, 5.41) is 2.38. The van der Waals surface area contributed by atoms with Gasteiger partial charge in [0.2, 0.25) is 11.8 Å². The monoisotopic (exact) mass is 565 g/mol. The first-order valence-corrected chi connectivity index (χ1v) is 13.2. The maximum absolute atomic E-state index is 13.5. The molecule has 1 N–H and O–H groups in total. The Labute approximate surface area is 235 Å². The summed E-state index contributed by atoms with van der Waals surface area (Å²) in [6.45, 7) is 0.310. The molecule has 40 heavy (non-hydrogen) atoms. The highest BCUT2D eigenvalue weighted by Crippen LogP contribution is 2.31. The number of methoxy groups -OCH3 is 3. The van der Waals surface area contributed by atoms with Crippen LogP contribution in [-0.4, -0.2) is 61.0 Å². The van der Waals surface area contributed by atoms with E-state index in [4.69, 9.17) is 14.2 Å². The fourth-order valence-corrected chi connectivity index (χ4v) is 5.12. The molecule has 1 aliphatic heterocycles. The maximum atomic E-state index is 13.5. The summed E-state index contributed by atoms with van der Waals surface area (Å²) in [6.07, 6.45) is 0.462. The number of halogens is 1. The van der Waals surface area contributed by atoms with Crippen LogP contribution in [0.25, 0.3) is 0 Å². The van der Waals surface area contributed by atoms with Crippen LogP contribution in [0, 0.1) is 5.82 Å². The van der Waals surface area contributed by atoms with Gasteiger partial charge in [-0.3, -0.25) is 14.5 Å². The van der Waals surface area contributed by atoms with Gasteiger partial charge in [0.1, 0.15) is 11.1 Å². The normalized spacial score (nSPS) is 16.0. The van der Waals surface area contributed by atoms with Crippen LogP contribution in [0.5, 0.6) is 11.5 Å². The molecule has 0 saturated carbocycles. The first-order valence-electron chi connectivity index (χ1n) is 12.3. The van der Waals surface area contributed by atoms with E-state index in [-0.39, 0.29) is 18.2 Å². The fraction of sp³-hybridized carbons (Fsp3) is 0.241. The van der Waals surface area contributed by atoms with E-state index < -0.39 is 17.0 Å². The Balaban J connectivity index is 1.53. The summed E-state index contributed by atoms with van der Waals surface area (Å²) in [7, 11) is 4.40. The number of thioether (sulfide) groups is 1. The Morgan fingerprint density at radius 1 is 1.00 bits per heavy atom. The number of aliphatic imine (C=N–C) groups is 1. The van der Waals surface area contributed by atoms with Crippen molar-refractivity contribution in [2.45, 2.75) is 18.1 Å². The summed E-state index contributed by atoms with van der Waals surface area (Å²) in [5.41, 5.74) is 2.19. The number of amides is 2. The summed E-state index contributed by atoms with van der Waals surface area (Å²) < 4.78 is 28.8. The van der Waals surface area contributed by atoms with Gasteiger partial charge in [-0.25, -0.2) is 14.2 Å². The molecule has 3 aromatic carbocycles. The molecule has 1 atom stereocenters. The molecule has 1 aliphatic rings. The Morgan fingerprint density at radius 3 is 2.35 bits per heavy atom. The lowest BCUT2D eigenvalue weighted by molar-refractivity contribution is -0.129. The van der Waals surface area contributed by atoms with E-state index in [0.29, 0.717) is 46.6 Å². The molecule has 0 aromatic heterocycles. The van der Waals surface area contributed by atoms with Crippen LogP contribution in [-0.2, 0) is 20.7 Å². The van der Waals surface area contributed by atoms with E-state index in [1.54, 1.807) is 37.3 Å². The molecule has 9 nitrogen and oxygen atoms in total. The molecule has 1 unspecified atom stereocenters. The zero-order chi connectivity index (χ0) is 28.6. The van der Waals surface area contributed by atoms with Crippen LogP contribution in [0.2, 0.25) is 0 Å². The predicted molar refractivity (Wildman–Crippen MR) is 151 cm³/mol. The Hall–Kier alpha value is -4.38. The zero-order valence-electron chi connectivity index (χ0n) is 22.2. The average Bonchev–Trinajstić information content (AvgIpc) is 2.97. The fourth-order valence-electron chi connectivity index (χ4n) is 3.99. The van der Waals surface area contributed by atoms with Gasteiger partial charge in [0.25, 0.3) is 0 Å². The van der Waals surface area contributed by atoms with E-state index in [9.17, 15) is 18.8 Å². The number of rotatable bonds is 9. The third-order valence-corrected chi connectivity index (χ3v) is 7.32. The van der Waals surface area contributed by atoms with Crippen molar-refractivity contribution in [3.05, 3.63) is 83.7 Å². The van der Waals surface area contributed by atoms with Crippen molar-refractivity contribution in [2.75, 3.05) is 33.2 Å². The van der Waals surface area contributed by atoms with Crippen LogP contribution < -0.4 is 14.8 Å². The lowest BCUT2D eigenvalue weighted by atomic mass is 10.1. The molecule has 4 rings (SSSR count). The van der Waals surface area contributed by atoms with Gasteiger partial charge in [-0.15, -0.1) is 0 Å². The first-order chi connectivity index (χ1) is 19.3. The maximum Gasteiger partial charge on any atom is 0.337 e. The quantitative estimate of drug-likeness (QED) is 0.371. The second kappa shape index (κ2) is 13.1. The molecule has 3 aromatic rings. The molecule has 0 radical (unpaired) electrons. The Bertz CT molecular complexity index is 1410. The SMILES string of the molecule is COC(=O)c1ccc(NC(=O)C2CC(=O)N(CCc3ccc(OC)c(OC)c3)C(=Nc3ccc(F)cc3)S2)cc1. The lowest BCUT2D eigenvalue weighted by Gasteiger charge is -2.32. The minimum atomic E-state index is -0.746. The number of hydrogen-bond donors (Lipinski definition) is 1. The number of hydrogen-bond acceptors (Lipinski definition) is 8. The summed E-state index contributed by atoms with van der Waals surface area (Å²) in [5.74, 6) is -0.353. The first kappa shape index (κ1) is 28.6. The summed E-state index contributed by atoms with van der Waals surface area (Å²) >= 11 is 1.16. The standard InChI is InChI=1S/C29H28FN3O6S/c1-37-23-13-4-18(16-24(23)38-2)14-15-33-26(34)17-25(40-29(33)32-22-11-7-20(30)8-12-22)27(35)31-21-9-5-19(6-10-21)28(36)39-3/h4-13,16,25H,14-15,17H2,1-3H3,(H,31,35). The third kappa shape index (κ3) is 6.97. The average molecular weight is 566 g/mol. The van der Waals surface area contributed by atoms with E-state index >= 15 is 0 Å². The predicted octanol–water partition coefficient (Wildman–Crippen LogP) is 4.83. The molecule has 11 heteroatoms. The van der Waals surface area contributed by atoms with Crippen LogP contribution >= 0.6 is 11.8 Å². The van der Waals surface area contributed by atoms with Crippen molar-refractivity contribution in [3.63, 3.8) is 0 Å². The molecule has 0 aliphatic carbocycles. The summed E-state index contributed by atoms with van der Waals surface area (Å²) in [6, 6.07) is 17.4. The topological polar surface area (TPSA) is 107 Å². The molecular weight excluding hydrogens is 537 g/mol. The van der Waals surface area contributed by atoms with E-state index in [1.165, 1.54) is 43.5 Å². The van der Waals surface area contributed by atoms with Gasteiger partial charge in [0.05, 0.1) is 32.6 Å². The van der Waals surface area contributed by atoms with E-state index in [1.807, 2.05) is 12.1 Å². The minimum absolute atomic E-state index is 0.0366. The number of benzene rings is 3. The van der Waals surface area contributed by atoms with Crippen molar-refractivity contribution < 1.29 is 33.0 Å². The highest BCUT2D eigenvalue weighted by Gasteiger charge is 2.36. The number of esters is 1. The van der Waals surface area contributed by atoms with Crippen molar-refractivity contribution in [3.8, 4) is 11.5 Å². The Morgan fingerprint density at radius 2 is 1.70 bits per heavy atom. The van der Waals surface area contributed by atoms with Gasteiger partial charge in [0.15, 0.2) is 16.7 Å². The highest BCUT2D eigenvalue weighted by molar-refractivity contribution is 8.15. The molecule has 0 bridgehead atoms. The molecular formula is C29H28FN3O6S. The zero-order valence-corrected chi connectivity index (χ0v) is 23.0. The van der Waals surface area contributed by atoms with Crippen molar-refractivity contribution >= 4 is 46.1 Å². The van der Waals surface area contributed by atoms with Gasteiger partial charge >= 0.3 is 5.97 Å². The number of nitrogens with zero attached hydrogens (tertiary/aromatic N) is 2. The van der Waals surface area contributed by atoms with Crippen molar-refractivity contribution in [1.29, 1.82) is 0 Å². The van der Waals surface area contributed by atoms with E-state index in [0.717, 1.165) is 17.3 Å². The van der Waals surface area contributed by atoms with Gasteiger partial charge in [-0.2, -0.15) is 0 Å². The number of amidine groups is 1. The smallest absolute Gasteiger partial charge is 0.337 e. The van der Waals surface area contributed by atoms with Crippen molar-refractivity contribution in [1.82, 2.24) is 4.90 Å². The number of carbonyl (C=O) groups is 3. The van der Waals surface area contributed by atoms with E-state index in [2.05, 4.69) is 10.3 Å². The molecule has 0 spiro atoms. The second-order valence-electron chi connectivity index (χ2n) is 8.72. The molecule has 1 fully saturated rings. The molecule has 2 amide bonds. The van der Waals surface area contributed by atoms with Crippen LogP contribution in [0.3, 0.4) is 0 Å². The van der Waals surface area contributed by atoms with Gasteiger partial charge in [0, 0.05) is 18.7 Å². The number of anilines is 1. The van der Waals surface area contributed by atoms with Crippen LogP contribution in [0.15, 0.2) is 71.7 Å². The summed E-state index contributed by atoms with van der Waals surface area (Å²) in [4.78, 5) is 44.2. The van der Waals surface area contributed by atoms with Crippen molar-refractivity contribution in [2.24, 2.45) is 4.99 Å². The number of carbonyl (C=O) groups excluding carboxylic acids is 3. The minimum Gasteiger partial charge on any atom is -0.493 e. The number of nitrogens with one attached hydrogen (secondary N) is 1. The third-order valence-electron chi connectivity index (χ3n) is 6.13. The van der Waals surface area contributed by atoms with Gasteiger partial charge in [-0.1, -0.05) is 17.8 Å². The van der Waals surface area contributed by atoms with Gasteiger partial charge in [-0.05, 0) is 72.6 Å². The highest BCUT2D eigenvalue weighted by atomic mass is 32.2. The lowest BCUT2D eigenvalue weighted by Crippen LogP contribution is -2.46. The van der Waals surface area contributed by atoms with Gasteiger partial charge < -0.3 is 19.5 Å². The van der Waals surface area contributed by atoms with Crippen LogP contribution in [0.1, 0.15) is 22.3 Å². The molecule has 1 heterocycles. The molecule has 1 saturated heterocycles. The number of ether oxygens (including phenoxy) is 3. The molecule has 208 valence electrons.